The summed E-state index contributed by atoms with van der Waals surface area (Å²) >= 11 is 0. The van der Waals surface area contributed by atoms with Crippen LogP contribution in [0.15, 0.2) is 77.8 Å². The molecule has 33 heavy (non-hydrogen) atoms. The zero-order valence-corrected chi connectivity index (χ0v) is 18.7. The van der Waals surface area contributed by atoms with Crippen molar-refractivity contribution >= 4 is 32.3 Å². The molecule has 0 radical (unpaired) electrons. The second kappa shape index (κ2) is 8.83. The first-order valence-electron chi connectivity index (χ1n) is 9.90. The minimum atomic E-state index is -4.08. The molecule has 10 heteroatoms. The number of methoxy groups -OCH3 is 2. The van der Waals surface area contributed by atoms with Gasteiger partial charge in [-0.15, -0.1) is 0 Å². The maximum absolute atomic E-state index is 13.3. The Morgan fingerprint density at radius 1 is 0.970 bits per heavy atom. The number of hydrogen-bond acceptors (Lipinski definition) is 7. The topological polar surface area (TPSA) is 113 Å². The fourth-order valence-corrected chi connectivity index (χ4v) is 4.92. The molecule has 4 aromatic rings. The van der Waals surface area contributed by atoms with Gasteiger partial charge >= 0.3 is 0 Å². The van der Waals surface area contributed by atoms with Crippen LogP contribution in [-0.4, -0.2) is 31.5 Å². The number of nitrogens with one attached hydrogen (secondary N) is 1. The minimum absolute atomic E-state index is 0.00791. The van der Waals surface area contributed by atoms with E-state index in [-0.39, 0.29) is 16.1 Å². The molecule has 1 N–H and O–H groups in total. The van der Waals surface area contributed by atoms with Crippen LogP contribution in [0.25, 0.3) is 10.9 Å². The third-order valence-corrected chi connectivity index (χ3v) is 6.91. The molecule has 3 aromatic carbocycles. The molecule has 0 saturated heterocycles. The summed E-state index contributed by atoms with van der Waals surface area (Å²) in [5, 5.41) is 15.4. The fourth-order valence-electron chi connectivity index (χ4n) is 3.56. The Kier molecular flexibility index (Phi) is 5.93. The van der Waals surface area contributed by atoms with Gasteiger partial charge in [0.2, 0.25) is 0 Å². The molecule has 1 aromatic heterocycles. The van der Waals surface area contributed by atoms with Crippen molar-refractivity contribution in [3.63, 3.8) is 0 Å². The number of anilines is 1. The van der Waals surface area contributed by atoms with Gasteiger partial charge in [-0.05, 0) is 54.1 Å². The summed E-state index contributed by atoms with van der Waals surface area (Å²) in [6.07, 6.45) is 1.33. The zero-order valence-electron chi connectivity index (χ0n) is 17.9. The predicted molar refractivity (Wildman–Crippen MR) is 124 cm³/mol. The Morgan fingerprint density at radius 3 is 2.36 bits per heavy atom. The number of benzene rings is 3. The van der Waals surface area contributed by atoms with Gasteiger partial charge in [-0.1, -0.05) is 12.1 Å². The van der Waals surface area contributed by atoms with Crippen molar-refractivity contribution in [3.05, 3.63) is 88.6 Å². The van der Waals surface area contributed by atoms with Crippen LogP contribution in [0.2, 0.25) is 0 Å². The van der Waals surface area contributed by atoms with Crippen LogP contribution in [0, 0.1) is 10.1 Å². The van der Waals surface area contributed by atoms with E-state index in [9.17, 15) is 18.5 Å². The summed E-state index contributed by atoms with van der Waals surface area (Å²) in [5.41, 5.74) is 1.19. The molecule has 0 atom stereocenters. The lowest BCUT2D eigenvalue weighted by atomic mass is 10.1. The van der Waals surface area contributed by atoms with Gasteiger partial charge in [0, 0.05) is 29.9 Å². The zero-order chi connectivity index (χ0) is 23.6. The lowest BCUT2D eigenvalue weighted by Crippen LogP contribution is -2.12. The molecule has 9 nitrogen and oxygen atoms in total. The van der Waals surface area contributed by atoms with Crippen LogP contribution < -0.4 is 14.8 Å². The highest BCUT2D eigenvalue weighted by atomic mass is 32.2. The van der Waals surface area contributed by atoms with Gasteiger partial charge in [-0.2, -0.15) is 0 Å². The van der Waals surface area contributed by atoms with Crippen molar-refractivity contribution in [3.8, 4) is 11.5 Å². The van der Waals surface area contributed by atoms with Crippen molar-refractivity contribution < 1.29 is 22.8 Å². The number of hydrogen-bond donors (Lipinski definition) is 1. The summed E-state index contributed by atoms with van der Waals surface area (Å²) in [4.78, 5) is 11.1. The molecule has 0 aliphatic carbocycles. The van der Waals surface area contributed by atoms with Gasteiger partial charge in [0.15, 0.2) is 0 Å². The molecular formula is C23H21N3O6S. The summed E-state index contributed by atoms with van der Waals surface area (Å²) < 4.78 is 37.9. The molecule has 4 rings (SSSR count). The molecule has 0 amide bonds. The molecule has 0 aliphatic rings. The highest BCUT2D eigenvalue weighted by Gasteiger charge is 2.26. The van der Waals surface area contributed by atoms with Crippen molar-refractivity contribution in [2.75, 3.05) is 19.5 Å². The first-order valence-corrected chi connectivity index (χ1v) is 11.3. The first-order chi connectivity index (χ1) is 15.8. The molecule has 0 bridgehead atoms. The number of nitrogens with zero attached hydrogens (tertiary/aromatic N) is 2. The Balaban J connectivity index is 1.78. The van der Waals surface area contributed by atoms with Crippen LogP contribution in [-0.2, 0) is 16.6 Å². The molecule has 170 valence electrons. The van der Waals surface area contributed by atoms with Crippen LogP contribution in [0.3, 0.4) is 0 Å². The number of nitro benzene ring substituents is 1. The quantitative estimate of drug-likeness (QED) is 0.302. The summed E-state index contributed by atoms with van der Waals surface area (Å²) in [5.74, 6) is 1.21. The maximum Gasteiger partial charge on any atom is 0.294 e. The molecular weight excluding hydrogens is 446 g/mol. The molecule has 1 heterocycles. The minimum Gasteiger partial charge on any atom is -0.497 e. The normalized spacial score (nSPS) is 11.3. The van der Waals surface area contributed by atoms with E-state index >= 15 is 0 Å². The highest BCUT2D eigenvalue weighted by Crippen LogP contribution is 2.35. The van der Waals surface area contributed by atoms with Gasteiger partial charge in [0.25, 0.3) is 15.7 Å². The van der Waals surface area contributed by atoms with Crippen LogP contribution >= 0.6 is 0 Å². The van der Waals surface area contributed by atoms with Gasteiger partial charge in [-0.25, -0.2) is 12.4 Å². The Labute approximate surface area is 190 Å². The third kappa shape index (κ3) is 4.20. The van der Waals surface area contributed by atoms with Crippen molar-refractivity contribution in [2.24, 2.45) is 0 Å². The van der Waals surface area contributed by atoms with Gasteiger partial charge in [0.05, 0.1) is 24.0 Å². The van der Waals surface area contributed by atoms with Gasteiger partial charge < -0.3 is 14.8 Å². The second-order valence-electron chi connectivity index (χ2n) is 7.15. The molecule has 0 saturated carbocycles. The molecule has 0 unspecified atom stereocenters. The van der Waals surface area contributed by atoms with Crippen molar-refractivity contribution in [2.45, 2.75) is 11.4 Å². The number of aromatic nitrogens is 1. The smallest absolute Gasteiger partial charge is 0.294 e. The number of non-ortho nitro benzene ring substituents is 1. The van der Waals surface area contributed by atoms with E-state index in [2.05, 4.69) is 5.32 Å². The Bertz CT molecular complexity index is 1430. The van der Waals surface area contributed by atoms with Crippen molar-refractivity contribution in [1.29, 1.82) is 0 Å². The fraction of sp³-hybridized carbons (Fsp3) is 0.130. The van der Waals surface area contributed by atoms with Crippen LogP contribution in [0.1, 0.15) is 5.56 Å². The SMILES string of the molecule is COc1ccc(S(=O)(=O)n2ccc3c(NCc4cccc(OC)c4)ccc([N+](=O)[O-])c32)cc1. The van der Waals surface area contributed by atoms with Crippen LogP contribution in [0.5, 0.6) is 11.5 Å². The number of ether oxygens (including phenoxy) is 2. The lowest BCUT2D eigenvalue weighted by molar-refractivity contribution is -0.383. The first kappa shape index (κ1) is 22.2. The standard InChI is InChI=1S/C23H21N3O6S/c1-31-17-6-8-19(9-7-17)33(29,30)25-13-12-20-21(10-11-22(23(20)25)26(27)28)24-15-16-4-3-5-18(14-16)32-2/h3-14,24H,15H2,1-2H3. The summed E-state index contributed by atoms with van der Waals surface area (Å²) in [6, 6.07) is 17.7. The van der Waals surface area contributed by atoms with Crippen molar-refractivity contribution in [1.82, 2.24) is 3.97 Å². The summed E-state index contributed by atoms with van der Waals surface area (Å²) in [7, 11) is -1.02. The Hall–Kier alpha value is -4.05. The van der Waals surface area contributed by atoms with E-state index in [0.717, 1.165) is 9.54 Å². The summed E-state index contributed by atoms with van der Waals surface area (Å²) in [6.45, 7) is 0.417. The Morgan fingerprint density at radius 2 is 1.70 bits per heavy atom. The number of nitro groups is 1. The van der Waals surface area contributed by atoms with E-state index in [0.29, 0.717) is 29.1 Å². The van der Waals surface area contributed by atoms with E-state index < -0.39 is 14.9 Å². The second-order valence-corrected chi connectivity index (χ2v) is 8.96. The van der Waals surface area contributed by atoms with Crippen LogP contribution in [0.4, 0.5) is 11.4 Å². The third-order valence-electron chi connectivity index (χ3n) is 5.22. The maximum atomic E-state index is 13.3. The van der Waals surface area contributed by atoms with E-state index in [1.807, 2.05) is 24.3 Å². The average molecular weight is 468 g/mol. The van der Waals surface area contributed by atoms with Gasteiger partial charge in [-0.3, -0.25) is 10.1 Å². The van der Waals surface area contributed by atoms with Gasteiger partial charge in [0.1, 0.15) is 17.0 Å². The highest BCUT2D eigenvalue weighted by molar-refractivity contribution is 7.90. The molecule has 0 spiro atoms. The lowest BCUT2D eigenvalue weighted by Gasteiger charge is -2.11. The monoisotopic (exact) mass is 467 g/mol. The molecule has 0 fully saturated rings. The van der Waals surface area contributed by atoms with E-state index in [1.165, 1.54) is 43.6 Å². The largest absolute Gasteiger partial charge is 0.497 e. The van der Waals surface area contributed by atoms with E-state index in [4.69, 9.17) is 9.47 Å². The average Bonchev–Trinajstić information content (AvgIpc) is 3.29. The number of fused-ring (bicyclic) bond motifs is 1. The van der Waals surface area contributed by atoms with E-state index in [1.54, 1.807) is 19.2 Å². The number of rotatable bonds is 8. The predicted octanol–water partition coefficient (Wildman–Crippen LogP) is 4.42. The molecule has 0 aliphatic heterocycles.